The minimum atomic E-state index is -2.78. The molecule has 1 aromatic heterocycles. The van der Waals surface area contributed by atoms with Crippen molar-refractivity contribution in [1.29, 1.82) is 0 Å². The number of likely N-dealkylation sites (N-methyl/N-ethyl adjacent to an activating group) is 1. The first-order valence-electron chi connectivity index (χ1n) is 6.46. The van der Waals surface area contributed by atoms with E-state index < -0.39 is 9.84 Å². The lowest BCUT2D eigenvalue weighted by atomic mass is 9.96. The lowest BCUT2D eigenvalue weighted by molar-refractivity contribution is 0.421. The number of hydrogen-bond donors (Lipinski definition) is 1. The quantitative estimate of drug-likeness (QED) is 0.883. The molecule has 2 rings (SSSR count). The van der Waals surface area contributed by atoms with Crippen LogP contribution in [-0.2, 0) is 16.3 Å². The summed E-state index contributed by atoms with van der Waals surface area (Å²) in [5, 5.41) is 3.27. The Morgan fingerprint density at radius 1 is 1.53 bits per heavy atom. The molecule has 0 bridgehead atoms. The van der Waals surface area contributed by atoms with E-state index in [1.807, 2.05) is 19.2 Å². The number of rotatable bonds is 5. The molecule has 2 atom stereocenters. The topological polar surface area (TPSA) is 59.1 Å². The highest BCUT2D eigenvalue weighted by Crippen LogP contribution is 2.23. The third kappa shape index (κ3) is 4.54. The van der Waals surface area contributed by atoms with Gasteiger partial charge in [0.2, 0.25) is 0 Å². The normalized spacial score (nSPS) is 23.4. The molecule has 2 heterocycles. The summed E-state index contributed by atoms with van der Waals surface area (Å²) in [6.07, 6.45) is 4.32. The minimum absolute atomic E-state index is 0.284. The smallest absolute Gasteiger partial charge is 0.150 e. The Balaban J connectivity index is 1.92. The van der Waals surface area contributed by atoms with Crippen LogP contribution in [0.3, 0.4) is 0 Å². The molecule has 1 aliphatic heterocycles. The van der Waals surface area contributed by atoms with E-state index >= 15 is 0 Å². The van der Waals surface area contributed by atoms with Crippen LogP contribution in [0.1, 0.15) is 18.5 Å². The van der Waals surface area contributed by atoms with Gasteiger partial charge in [-0.15, -0.1) is 0 Å². The SMILES string of the molecule is CNC(Cc1ccc(Br)cn1)CC1CCS(=O)(=O)C1. The fourth-order valence-corrected chi connectivity index (χ4v) is 4.66. The molecule has 0 aliphatic carbocycles. The lowest BCUT2D eigenvalue weighted by Gasteiger charge is -2.19. The van der Waals surface area contributed by atoms with Gasteiger partial charge in [0.25, 0.3) is 0 Å². The molecule has 0 saturated carbocycles. The van der Waals surface area contributed by atoms with E-state index in [1.54, 1.807) is 6.20 Å². The van der Waals surface area contributed by atoms with Gasteiger partial charge >= 0.3 is 0 Å². The summed E-state index contributed by atoms with van der Waals surface area (Å²) in [6, 6.07) is 4.27. The van der Waals surface area contributed by atoms with Crippen molar-refractivity contribution in [2.75, 3.05) is 18.6 Å². The highest BCUT2D eigenvalue weighted by Gasteiger charge is 2.29. The van der Waals surface area contributed by atoms with Gasteiger partial charge in [0.1, 0.15) is 0 Å². The van der Waals surface area contributed by atoms with Crippen LogP contribution in [0.25, 0.3) is 0 Å². The van der Waals surface area contributed by atoms with Gasteiger partial charge < -0.3 is 5.32 Å². The lowest BCUT2D eigenvalue weighted by Crippen LogP contribution is -2.30. The average molecular weight is 347 g/mol. The van der Waals surface area contributed by atoms with Crippen LogP contribution in [0.2, 0.25) is 0 Å². The number of pyridine rings is 1. The molecule has 0 spiro atoms. The maximum absolute atomic E-state index is 11.5. The van der Waals surface area contributed by atoms with Crippen molar-refractivity contribution in [1.82, 2.24) is 10.3 Å². The predicted molar refractivity (Wildman–Crippen MR) is 79.9 cm³/mol. The van der Waals surface area contributed by atoms with Crippen LogP contribution >= 0.6 is 15.9 Å². The molecule has 1 N–H and O–H groups in total. The van der Waals surface area contributed by atoms with Crippen molar-refractivity contribution in [3.05, 3.63) is 28.5 Å². The van der Waals surface area contributed by atoms with Crippen molar-refractivity contribution < 1.29 is 8.42 Å². The predicted octanol–water partition coefficient (Wildman–Crippen LogP) is 1.80. The molecule has 1 aliphatic rings. The first-order chi connectivity index (χ1) is 8.98. The third-order valence-electron chi connectivity index (χ3n) is 3.60. The molecule has 1 fully saturated rings. The molecule has 0 aromatic carbocycles. The molecule has 6 heteroatoms. The molecule has 1 aromatic rings. The zero-order chi connectivity index (χ0) is 13.9. The first-order valence-corrected chi connectivity index (χ1v) is 9.08. The first kappa shape index (κ1) is 14.9. The van der Waals surface area contributed by atoms with Crippen LogP contribution < -0.4 is 5.32 Å². The minimum Gasteiger partial charge on any atom is -0.317 e. The molecular weight excluding hydrogens is 328 g/mol. The van der Waals surface area contributed by atoms with Crippen molar-refractivity contribution in [2.45, 2.75) is 25.3 Å². The Morgan fingerprint density at radius 3 is 2.84 bits per heavy atom. The molecule has 4 nitrogen and oxygen atoms in total. The molecule has 19 heavy (non-hydrogen) atoms. The fraction of sp³-hybridized carbons (Fsp3) is 0.615. The Hall–Kier alpha value is -0.460. The Bertz CT molecular complexity index is 516. The van der Waals surface area contributed by atoms with Crippen LogP contribution in [0.5, 0.6) is 0 Å². The van der Waals surface area contributed by atoms with Crippen LogP contribution in [-0.4, -0.2) is 38.0 Å². The summed E-state index contributed by atoms with van der Waals surface area (Å²) < 4.78 is 23.9. The van der Waals surface area contributed by atoms with E-state index in [1.165, 1.54) is 0 Å². The second kappa shape index (κ2) is 6.33. The highest BCUT2D eigenvalue weighted by atomic mass is 79.9. The molecule has 2 unspecified atom stereocenters. The van der Waals surface area contributed by atoms with Crippen LogP contribution in [0, 0.1) is 5.92 Å². The zero-order valence-electron chi connectivity index (χ0n) is 11.0. The summed E-state index contributed by atoms with van der Waals surface area (Å²) in [7, 11) is -0.854. The van der Waals surface area contributed by atoms with E-state index in [9.17, 15) is 8.42 Å². The number of aromatic nitrogens is 1. The van der Waals surface area contributed by atoms with Gasteiger partial charge in [-0.3, -0.25) is 4.98 Å². The van der Waals surface area contributed by atoms with E-state index in [2.05, 4.69) is 26.2 Å². The Labute approximate surface area is 123 Å². The standard InChI is InChI=1S/C13H19BrN2O2S/c1-15-13(6-10-4-5-19(17,18)9-10)7-12-3-2-11(14)8-16-12/h2-3,8,10,13,15H,4-7,9H2,1H3. The fourth-order valence-electron chi connectivity index (χ4n) is 2.54. The molecule has 0 amide bonds. The maximum atomic E-state index is 11.5. The number of halogens is 1. The molecule has 0 radical (unpaired) electrons. The third-order valence-corrected chi connectivity index (χ3v) is 5.90. The van der Waals surface area contributed by atoms with Crippen molar-refractivity contribution in [3.63, 3.8) is 0 Å². The number of sulfone groups is 1. The van der Waals surface area contributed by atoms with Gasteiger partial charge in [-0.25, -0.2) is 8.42 Å². The van der Waals surface area contributed by atoms with Crippen molar-refractivity contribution >= 4 is 25.8 Å². The van der Waals surface area contributed by atoms with E-state index in [0.29, 0.717) is 11.5 Å². The highest BCUT2D eigenvalue weighted by molar-refractivity contribution is 9.10. The largest absolute Gasteiger partial charge is 0.317 e. The van der Waals surface area contributed by atoms with Gasteiger partial charge in [0.05, 0.1) is 11.5 Å². The zero-order valence-corrected chi connectivity index (χ0v) is 13.4. The molecule has 1 saturated heterocycles. The van der Waals surface area contributed by atoms with Gasteiger partial charge in [0.15, 0.2) is 9.84 Å². The number of nitrogens with zero attached hydrogens (tertiary/aromatic N) is 1. The Morgan fingerprint density at radius 2 is 2.32 bits per heavy atom. The number of nitrogens with one attached hydrogen (secondary N) is 1. The average Bonchev–Trinajstić information content (AvgIpc) is 2.70. The molecular formula is C13H19BrN2O2S. The van der Waals surface area contributed by atoms with E-state index in [-0.39, 0.29) is 12.0 Å². The summed E-state index contributed by atoms with van der Waals surface area (Å²) in [5.74, 6) is 0.988. The monoisotopic (exact) mass is 346 g/mol. The van der Waals surface area contributed by atoms with Gasteiger partial charge in [-0.05, 0) is 53.9 Å². The van der Waals surface area contributed by atoms with Crippen molar-refractivity contribution in [3.8, 4) is 0 Å². The Kier molecular flexibility index (Phi) is 4.97. The second-order valence-electron chi connectivity index (χ2n) is 5.16. The summed E-state index contributed by atoms with van der Waals surface area (Å²) >= 11 is 3.37. The van der Waals surface area contributed by atoms with Gasteiger partial charge in [-0.1, -0.05) is 0 Å². The van der Waals surface area contributed by atoms with Crippen molar-refractivity contribution in [2.24, 2.45) is 5.92 Å². The van der Waals surface area contributed by atoms with E-state index in [4.69, 9.17) is 0 Å². The van der Waals surface area contributed by atoms with Crippen LogP contribution in [0.15, 0.2) is 22.8 Å². The maximum Gasteiger partial charge on any atom is 0.150 e. The molecule has 106 valence electrons. The summed E-state index contributed by atoms with van der Waals surface area (Å²) in [4.78, 5) is 4.36. The second-order valence-corrected chi connectivity index (χ2v) is 8.31. The van der Waals surface area contributed by atoms with Crippen LogP contribution in [0.4, 0.5) is 0 Å². The van der Waals surface area contributed by atoms with E-state index in [0.717, 1.165) is 29.4 Å². The summed E-state index contributed by atoms with van der Waals surface area (Å²) in [6.45, 7) is 0. The number of hydrogen-bond acceptors (Lipinski definition) is 4. The van der Waals surface area contributed by atoms with Gasteiger partial charge in [0, 0.05) is 28.8 Å². The summed E-state index contributed by atoms with van der Waals surface area (Å²) in [5.41, 5.74) is 1.03. The van der Waals surface area contributed by atoms with Gasteiger partial charge in [-0.2, -0.15) is 0 Å².